The summed E-state index contributed by atoms with van der Waals surface area (Å²) in [6, 6.07) is 19.6. The Morgan fingerprint density at radius 2 is 1.79 bits per heavy atom. The second-order valence-corrected chi connectivity index (χ2v) is 4.14. The summed E-state index contributed by atoms with van der Waals surface area (Å²) in [7, 11) is 0. The first-order chi connectivity index (χ1) is 6.84. The molecule has 0 aliphatic carbocycles. The molecule has 2 rings (SSSR count). The van der Waals surface area contributed by atoms with Crippen LogP contribution in [0.25, 0.3) is 0 Å². The summed E-state index contributed by atoms with van der Waals surface area (Å²) in [5, 5.41) is 0. The van der Waals surface area contributed by atoms with Crippen LogP contribution >= 0.6 is 15.9 Å². The fourth-order valence-electron chi connectivity index (χ4n) is 1.42. The van der Waals surface area contributed by atoms with Crippen molar-refractivity contribution in [3.8, 4) is 0 Å². The normalized spacial score (nSPS) is 10.1. The molecule has 0 aliphatic rings. The summed E-state index contributed by atoms with van der Waals surface area (Å²) in [5.41, 5.74) is 2.62. The van der Waals surface area contributed by atoms with E-state index in [1.54, 1.807) is 0 Å². The summed E-state index contributed by atoms with van der Waals surface area (Å²) >= 11 is 3.44. The minimum atomic E-state index is 0.969. The van der Waals surface area contributed by atoms with Gasteiger partial charge in [0.2, 0.25) is 0 Å². The average molecular weight is 246 g/mol. The van der Waals surface area contributed by atoms with Crippen molar-refractivity contribution < 1.29 is 0 Å². The predicted molar refractivity (Wildman–Crippen MR) is 62.2 cm³/mol. The van der Waals surface area contributed by atoms with E-state index in [4.69, 9.17) is 0 Å². The van der Waals surface area contributed by atoms with Crippen LogP contribution in [-0.4, -0.2) is 0 Å². The van der Waals surface area contributed by atoms with Gasteiger partial charge >= 0.3 is 0 Å². The molecule has 0 saturated heterocycles. The SMILES string of the molecule is Brc1c[c]cc(Cc2ccccc2)c1. The topological polar surface area (TPSA) is 0 Å². The lowest BCUT2D eigenvalue weighted by atomic mass is 10.1. The molecule has 2 aromatic carbocycles. The van der Waals surface area contributed by atoms with Crippen LogP contribution in [0.3, 0.4) is 0 Å². The molecule has 0 unspecified atom stereocenters. The third kappa shape index (κ3) is 2.46. The molecule has 0 heterocycles. The molecule has 0 bridgehead atoms. The summed E-state index contributed by atoms with van der Waals surface area (Å²) in [5.74, 6) is 0. The van der Waals surface area contributed by atoms with Crippen molar-refractivity contribution in [1.29, 1.82) is 0 Å². The van der Waals surface area contributed by atoms with Crippen LogP contribution in [0.4, 0.5) is 0 Å². The largest absolute Gasteiger partial charge is 0.0622 e. The second-order valence-electron chi connectivity index (χ2n) is 3.22. The molecule has 0 fully saturated rings. The molecule has 0 atom stereocenters. The molecule has 69 valence electrons. The first-order valence-corrected chi connectivity index (χ1v) is 5.33. The summed E-state index contributed by atoms with van der Waals surface area (Å²) in [6.45, 7) is 0. The van der Waals surface area contributed by atoms with E-state index in [0.29, 0.717) is 0 Å². The molecule has 0 saturated carbocycles. The molecule has 0 amide bonds. The smallest absolute Gasteiger partial charge is 0.0184 e. The standard InChI is InChI=1S/C13H10Br/c14-13-8-4-7-12(10-13)9-11-5-2-1-3-6-11/h1-3,5-8,10H,9H2. The predicted octanol–water partition coefficient (Wildman–Crippen LogP) is 3.84. The quantitative estimate of drug-likeness (QED) is 0.755. The van der Waals surface area contributed by atoms with Gasteiger partial charge < -0.3 is 0 Å². The molecule has 1 radical (unpaired) electrons. The molecule has 14 heavy (non-hydrogen) atoms. The fraction of sp³-hybridized carbons (Fsp3) is 0.0769. The second kappa shape index (κ2) is 4.43. The van der Waals surface area contributed by atoms with Gasteiger partial charge in [-0.3, -0.25) is 0 Å². The van der Waals surface area contributed by atoms with Crippen molar-refractivity contribution in [2.45, 2.75) is 6.42 Å². The Morgan fingerprint density at radius 1 is 1.00 bits per heavy atom. The highest BCUT2D eigenvalue weighted by Gasteiger charge is 1.95. The minimum absolute atomic E-state index is 0.969. The molecular weight excluding hydrogens is 236 g/mol. The monoisotopic (exact) mass is 245 g/mol. The van der Waals surface area contributed by atoms with E-state index in [1.165, 1.54) is 11.1 Å². The van der Waals surface area contributed by atoms with Crippen molar-refractivity contribution in [3.63, 3.8) is 0 Å². The van der Waals surface area contributed by atoms with Gasteiger partial charge in [-0.1, -0.05) is 52.3 Å². The van der Waals surface area contributed by atoms with Gasteiger partial charge in [-0.15, -0.1) is 0 Å². The molecule has 0 nitrogen and oxygen atoms in total. The van der Waals surface area contributed by atoms with E-state index in [2.05, 4.69) is 52.3 Å². The average Bonchev–Trinajstić information content (AvgIpc) is 2.19. The van der Waals surface area contributed by atoms with Crippen LogP contribution in [-0.2, 0) is 6.42 Å². The zero-order valence-electron chi connectivity index (χ0n) is 7.70. The van der Waals surface area contributed by atoms with Gasteiger partial charge in [0.1, 0.15) is 0 Å². The Kier molecular flexibility index (Phi) is 3.00. The lowest BCUT2D eigenvalue weighted by Gasteiger charge is -2.01. The number of halogens is 1. The third-order valence-corrected chi connectivity index (χ3v) is 2.52. The third-order valence-electron chi connectivity index (χ3n) is 2.06. The van der Waals surface area contributed by atoms with Crippen LogP contribution in [0.2, 0.25) is 0 Å². The molecular formula is C13H10Br. The Balaban J connectivity index is 2.19. The highest BCUT2D eigenvalue weighted by molar-refractivity contribution is 9.10. The van der Waals surface area contributed by atoms with Crippen molar-refractivity contribution >= 4 is 15.9 Å². The van der Waals surface area contributed by atoms with Gasteiger partial charge in [0.25, 0.3) is 0 Å². The molecule has 0 aromatic heterocycles. The van der Waals surface area contributed by atoms with Crippen molar-refractivity contribution in [2.75, 3.05) is 0 Å². The maximum atomic E-state index is 3.44. The Hall–Kier alpha value is -1.08. The van der Waals surface area contributed by atoms with E-state index < -0.39 is 0 Å². The first-order valence-electron chi connectivity index (χ1n) is 4.54. The van der Waals surface area contributed by atoms with Crippen molar-refractivity contribution in [3.05, 3.63) is 70.2 Å². The van der Waals surface area contributed by atoms with E-state index in [9.17, 15) is 0 Å². The number of hydrogen-bond acceptors (Lipinski definition) is 0. The fourth-order valence-corrected chi connectivity index (χ4v) is 1.85. The summed E-state index contributed by atoms with van der Waals surface area (Å²) < 4.78 is 1.09. The molecule has 2 aromatic rings. The highest BCUT2D eigenvalue weighted by atomic mass is 79.9. The maximum absolute atomic E-state index is 3.44. The van der Waals surface area contributed by atoms with Crippen LogP contribution in [0.15, 0.2) is 53.0 Å². The number of benzene rings is 2. The Bertz CT molecular complexity index is 407. The van der Waals surface area contributed by atoms with Gasteiger partial charge in [0.15, 0.2) is 0 Å². The van der Waals surface area contributed by atoms with E-state index in [1.807, 2.05) is 18.2 Å². The Labute approximate surface area is 92.7 Å². The number of hydrogen-bond donors (Lipinski definition) is 0. The zero-order chi connectivity index (χ0) is 9.80. The van der Waals surface area contributed by atoms with Gasteiger partial charge in [0, 0.05) is 4.47 Å². The Morgan fingerprint density at radius 3 is 2.50 bits per heavy atom. The van der Waals surface area contributed by atoms with Gasteiger partial charge in [-0.2, -0.15) is 0 Å². The van der Waals surface area contributed by atoms with Crippen molar-refractivity contribution in [1.82, 2.24) is 0 Å². The van der Waals surface area contributed by atoms with E-state index in [0.717, 1.165) is 10.9 Å². The maximum Gasteiger partial charge on any atom is 0.0184 e. The molecule has 0 spiro atoms. The minimum Gasteiger partial charge on any atom is -0.0622 e. The van der Waals surface area contributed by atoms with Crippen LogP contribution in [0.5, 0.6) is 0 Å². The molecule has 0 aliphatic heterocycles. The van der Waals surface area contributed by atoms with Gasteiger partial charge in [-0.05, 0) is 35.7 Å². The van der Waals surface area contributed by atoms with Gasteiger partial charge in [-0.25, -0.2) is 0 Å². The summed E-state index contributed by atoms with van der Waals surface area (Å²) in [6.07, 6.45) is 0.969. The molecule has 1 heteroatoms. The molecule has 0 N–H and O–H groups in total. The first kappa shape index (κ1) is 9.47. The lowest BCUT2D eigenvalue weighted by molar-refractivity contribution is 1.19. The van der Waals surface area contributed by atoms with Crippen molar-refractivity contribution in [2.24, 2.45) is 0 Å². The van der Waals surface area contributed by atoms with Gasteiger partial charge in [0.05, 0.1) is 0 Å². The van der Waals surface area contributed by atoms with Crippen LogP contribution in [0, 0.1) is 6.07 Å². The number of rotatable bonds is 2. The van der Waals surface area contributed by atoms with E-state index >= 15 is 0 Å². The van der Waals surface area contributed by atoms with Crippen LogP contribution in [0.1, 0.15) is 11.1 Å². The highest BCUT2D eigenvalue weighted by Crippen LogP contribution is 2.14. The zero-order valence-corrected chi connectivity index (χ0v) is 9.29. The lowest BCUT2D eigenvalue weighted by Crippen LogP contribution is -1.86. The van der Waals surface area contributed by atoms with E-state index in [-0.39, 0.29) is 0 Å². The summed E-state index contributed by atoms with van der Waals surface area (Å²) in [4.78, 5) is 0. The van der Waals surface area contributed by atoms with Crippen LogP contribution < -0.4 is 0 Å².